The van der Waals surface area contributed by atoms with Gasteiger partial charge in [-0.1, -0.05) is 36.6 Å². The highest BCUT2D eigenvalue weighted by Crippen LogP contribution is 2.43. The maximum absolute atomic E-state index is 11.0. The molecule has 0 amide bonds. The van der Waals surface area contributed by atoms with Gasteiger partial charge in [0, 0.05) is 19.2 Å². The van der Waals surface area contributed by atoms with Gasteiger partial charge >= 0.3 is 11.9 Å². The molecule has 3 rings (SSSR count). The molecule has 0 saturated carbocycles. The number of carboxylic acid groups (broad SMARTS) is 2. The van der Waals surface area contributed by atoms with Crippen molar-refractivity contribution < 1.29 is 24.5 Å². The number of nitrogens with two attached hydrogens (primary N) is 2. The topological polar surface area (TPSA) is 142 Å². The molecule has 208 valence electrons. The smallest absolute Gasteiger partial charge is 0.320 e. The first-order valence-electron chi connectivity index (χ1n) is 13.6. The van der Waals surface area contributed by atoms with Crippen LogP contribution in [0.15, 0.2) is 18.2 Å². The zero-order chi connectivity index (χ0) is 26.8. The molecule has 10 heteroatoms. The molecule has 0 spiro atoms. The number of carbonyl (C=O) groups is 2. The van der Waals surface area contributed by atoms with Crippen LogP contribution in [0, 0.1) is 6.92 Å². The van der Waals surface area contributed by atoms with Gasteiger partial charge in [0.1, 0.15) is 12.1 Å². The lowest BCUT2D eigenvalue weighted by molar-refractivity contribution is -0.139. The van der Waals surface area contributed by atoms with Crippen LogP contribution in [0.3, 0.4) is 0 Å². The van der Waals surface area contributed by atoms with Crippen molar-refractivity contribution in [3.8, 4) is 0 Å². The fourth-order valence-corrected chi connectivity index (χ4v) is 7.96. The van der Waals surface area contributed by atoms with E-state index in [4.69, 9.17) is 26.4 Å². The Morgan fingerprint density at radius 3 is 2.11 bits per heavy atom. The Balaban J connectivity index is 1.68. The Hall–Kier alpha value is -1.61. The molecular formula is C27H45N4O5P. The van der Waals surface area contributed by atoms with E-state index in [1.807, 2.05) is 0 Å². The molecule has 2 fully saturated rings. The number of unbranched alkanes of at least 4 members (excludes halogenated alkanes) is 2. The van der Waals surface area contributed by atoms with Gasteiger partial charge in [-0.05, 0) is 83.7 Å². The maximum atomic E-state index is 11.0. The maximum Gasteiger partial charge on any atom is 0.320 e. The number of hydrogen-bond donors (Lipinski definition) is 4. The first-order valence-corrected chi connectivity index (χ1v) is 15.3. The van der Waals surface area contributed by atoms with Crippen molar-refractivity contribution in [1.29, 1.82) is 0 Å². The van der Waals surface area contributed by atoms with E-state index in [9.17, 15) is 9.59 Å². The van der Waals surface area contributed by atoms with Crippen molar-refractivity contribution in [2.75, 3.05) is 38.9 Å². The van der Waals surface area contributed by atoms with Gasteiger partial charge in [-0.15, -0.1) is 0 Å². The van der Waals surface area contributed by atoms with Crippen LogP contribution in [-0.4, -0.2) is 83.0 Å². The highest BCUT2D eigenvalue weighted by molar-refractivity contribution is 7.65. The van der Waals surface area contributed by atoms with Crippen molar-refractivity contribution in [1.82, 2.24) is 9.80 Å². The number of aliphatic carboxylic acids is 2. The molecule has 0 aromatic heterocycles. The summed E-state index contributed by atoms with van der Waals surface area (Å²) in [5, 5.41) is 19.6. The number of hydrogen-bond acceptors (Lipinski definition) is 7. The molecular weight excluding hydrogens is 491 g/mol. The summed E-state index contributed by atoms with van der Waals surface area (Å²) in [5.41, 5.74) is 14.0. The minimum Gasteiger partial charge on any atom is -0.480 e. The van der Waals surface area contributed by atoms with E-state index in [2.05, 4.69) is 34.9 Å². The molecule has 0 aliphatic carbocycles. The third kappa shape index (κ3) is 9.57. The van der Waals surface area contributed by atoms with E-state index in [1.165, 1.54) is 22.9 Å². The van der Waals surface area contributed by atoms with Crippen LogP contribution in [0.5, 0.6) is 0 Å². The average molecular weight is 537 g/mol. The van der Waals surface area contributed by atoms with Crippen LogP contribution < -0.4 is 16.8 Å². The second-order valence-electron chi connectivity index (χ2n) is 10.6. The summed E-state index contributed by atoms with van der Waals surface area (Å²) in [7, 11) is -0.460. The first kappa shape index (κ1) is 29.9. The van der Waals surface area contributed by atoms with E-state index in [1.54, 1.807) is 0 Å². The molecule has 3 unspecified atom stereocenters. The Bertz CT molecular complexity index is 846. The SMILES string of the molecule is Cc1ccc(C2CCCCO2)c(P2CN(CCCCC(N)C(=O)O)CN(CCCCC(N)C(=O)O)C2)c1. The summed E-state index contributed by atoms with van der Waals surface area (Å²) in [5.74, 6) is -1.88. The first-order chi connectivity index (χ1) is 17.7. The molecule has 2 saturated heterocycles. The fourth-order valence-electron chi connectivity index (χ4n) is 5.17. The summed E-state index contributed by atoms with van der Waals surface area (Å²) in [4.78, 5) is 27.1. The average Bonchev–Trinajstić information content (AvgIpc) is 2.89. The summed E-state index contributed by atoms with van der Waals surface area (Å²) in [6.45, 7) is 5.67. The van der Waals surface area contributed by atoms with E-state index in [-0.39, 0.29) is 6.10 Å². The summed E-state index contributed by atoms with van der Waals surface area (Å²) < 4.78 is 6.19. The quantitative estimate of drug-likeness (QED) is 0.208. The van der Waals surface area contributed by atoms with E-state index >= 15 is 0 Å². The number of benzene rings is 1. The molecule has 2 heterocycles. The van der Waals surface area contributed by atoms with Gasteiger partial charge in [0.15, 0.2) is 0 Å². The van der Waals surface area contributed by atoms with Gasteiger partial charge in [0.25, 0.3) is 0 Å². The summed E-state index contributed by atoms with van der Waals surface area (Å²) >= 11 is 0. The third-order valence-corrected chi connectivity index (χ3v) is 9.86. The van der Waals surface area contributed by atoms with Gasteiger partial charge in [-0.3, -0.25) is 19.4 Å². The standard InChI is InChI=1S/C27H45N4O5P/c1-20-11-12-21(24-10-4-7-15-36-24)25(16-20)37-18-30(13-5-2-8-22(28)26(32)33)17-31(19-37)14-6-3-9-23(29)27(34)35/h11-12,16,22-24H,2-10,13-15,17-19,28-29H2,1H3,(H,32,33)(H,34,35). The zero-order valence-electron chi connectivity index (χ0n) is 22.2. The Morgan fingerprint density at radius 2 is 1.59 bits per heavy atom. The van der Waals surface area contributed by atoms with E-state index in [0.717, 1.165) is 77.5 Å². The molecule has 2 aliphatic rings. The Morgan fingerprint density at radius 1 is 1.00 bits per heavy atom. The molecule has 9 nitrogen and oxygen atoms in total. The van der Waals surface area contributed by atoms with Crippen molar-refractivity contribution in [3.63, 3.8) is 0 Å². The van der Waals surface area contributed by atoms with Crippen LogP contribution in [0.1, 0.15) is 75.0 Å². The summed E-state index contributed by atoms with van der Waals surface area (Å²) in [6.07, 6.45) is 10.0. The van der Waals surface area contributed by atoms with Crippen LogP contribution in [0.25, 0.3) is 0 Å². The van der Waals surface area contributed by atoms with E-state index < -0.39 is 31.9 Å². The highest BCUT2D eigenvalue weighted by Gasteiger charge is 2.30. The predicted octanol–water partition coefficient (Wildman–Crippen LogP) is 3.00. The highest BCUT2D eigenvalue weighted by atomic mass is 31.1. The number of nitrogens with zero attached hydrogens (tertiary/aromatic N) is 2. The lowest BCUT2D eigenvalue weighted by atomic mass is 10.0. The van der Waals surface area contributed by atoms with Gasteiger partial charge in [0.05, 0.1) is 12.8 Å². The zero-order valence-corrected chi connectivity index (χ0v) is 23.1. The number of aryl methyl sites for hydroxylation is 1. The van der Waals surface area contributed by atoms with Gasteiger partial charge in [-0.25, -0.2) is 0 Å². The van der Waals surface area contributed by atoms with Crippen molar-refractivity contribution in [2.24, 2.45) is 11.5 Å². The molecule has 0 bridgehead atoms. The molecule has 2 aliphatic heterocycles. The van der Waals surface area contributed by atoms with Crippen LogP contribution >= 0.6 is 7.92 Å². The lowest BCUT2D eigenvalue weighted by Crippen LogP contribution is -2.46. The Kier molecular flexibility index (Phi) is 12.2. The molecule has 1 aromatic rings. The predicted molar refractivity (Wildman–Crippen MR) is 147 cm³/mol. The van der Waals surface area contributed by atoms with Gasteiger partial charge in [-0.2, -0.15) is 0 Å². The molecule has 0 radical (unpaired) electrons. The molecule has 3 atom stereocenters. The van der Waals surface area contributed by atoms with E-state index in [0.29, 0.717) is 12.8 Å². The third-order valence-electron chi connectivity index (χ3n) is 7.31. The second-order valence-corrected chi connectivity index (χ2v) is 12.7. The molecule has 1 aromatic carbocycles. The van der Waals surface area contributed by atoms with Crippen LogP contribution in [0.2, 0.25) is 0 Å². The Labute approximate surface area is 222 Å². The van der Waals surface area contributed by atoms with Crippen molar-refractivity contribution in [3.05, 3.63) is 29.3 Å². The second kappa shape index (κ2) is 15.1. The number of ether oxygens (including phenoxy) is 1. The number of carboxylic acids is 2. The van der Waals surface area contributed by atoms with Crippen LogP contribution in [-0.2, 0) is 14.3 Å². The largest absolute Gasteiger partial charge is 0.480 e. The minimum absolute atomic E-state index is 0.172. The van der Waals surface area contributed by atoms with Gasteiger partial charge in [0.2, 0.25) is 0 Å². The molecule has 37 heavy (non-hydrogen) atoms. The molecule has 6 N–H and O–H groups in total. The fraction of sp³-hybridized carbons (Fsp3) is 0.704. The van der Waals surface area contributed by atoms with Gasteiger partial charge < -0.3 is 26.4 Å². The normalized spacial score (nSPS) is 23.0. The number of rotatable bonds is 14. The summed E-state index contributed by atoms with van der Waals surface area (Å²) in [6, 6.07) is 5.24. The monoisotopic (exact) mass is 536 g/mol. The van der Waals surface area contributed by atoms with Crippen molar-refractivity contribution >= 4 is 25.2 Å². The lowest BCUT2D eigenvalue weighted by Gasteiger charge is -2.42. The van der Waals surface area contributed by atoms with Crippen molar-refractivity contribution in [2.45, 2.75) is 82.9 Å². The van der Waals surface area contributed by atoms with Crippen LogP contribution in [0.4, 0.5) is 0 Å². The minimum atomic E-state index is -0.938.